The van der Waals surface area contributed by atoms with Crippen LogP contribution in [0.4, 0.5) is 8.78 Å². The van der Waals surface area contributed by atoms with E-state index in [0.717, 1.165) is 42.9 Å². The second kappa shape index (κ2) is 5.98. The van der Waals surface area contributed by atoms with Gasteiger partial charge in [-0.2, -0.15) is 5.10 Å². The van der Waals surface area contributed by atoms with E-state index in [1.54, 1.807) is 12.1 Å². The summed E-state index contributed by atoms with van der Waals surface area (Å²) in [5.41, 5.74) is 2.67. The van der Waals surface area contributed by atoms with Crippen molar-refractivity contribution in [2.24, 2.45) is 0 Å². The van der Waals surface area contributed by atoms with E-state index in [4.69, 9.17) is 5.10 Å². The summed E-state index contributed by atoms with van der Waals surface area (Å²) in [4.78, 5) is 0. The first-order valence-corrected chi connectivity index (χ1v) is 8.63. The van der Waals surface area contributed by atoms with Crippen molar-refractivity contribution in [2.45, 2.75) is 44.9 Å². The van der Waals surface area contributed by atoms with Gasteiger partial charge in [-0.15, -0.1) is 8.78 Å². The normalized spacial score (nSPS) is 19.6. The molecule has 3 heterocycles. The molecule has 1 aromatic heterocycles. The zero-order valence-corrected chi connectivity index (χ0v) is 14.3. The van der Waals surface area contributed by atoms with E-state index in [9.17, 15) is 8.78 Å². The molecule has 0 aliphatic carbocycles. The molecule has 1 N–H and O–H groups in total. The Morgan fingerprint density at radius 2 is 1.88 bits per heavy atom. The summed E-state index contributed by atoms with van der Waals surface area (Å²) in [6, 6.07) is 7.22. The van der Waals surface area contributed by atoms with Gasteiger partial charge in [0.05, 0.1) is 11.7 Å². The van der Waals surface area contributed by atoms with Crippen molar-refractivity contribution in [1.82, 2.24) is 15.1 Å². The minimum absolute atomic E-state index is 0.0463. The monoisotopic (exact) mass is 349 g/mol. The smallest absolute Gasteiger partial charge is 0.395 e. The first kappa shape index (κ1) is 16.3. The van der Waals surface area contributed by atoms with Gasteiger partial charge in [0.25, 0.3) is 0 Å². The Morgan fingerprint density at radius 1 is 1.16 bits per heavy atom. The highest BCUT2D eigenvalue weighted by molar-refractivity contribution is 5.65. The maximum Gasteiger partial charge on any atom is 0.586 e. The molecule has 7 heteroatoms. The number of aromatic nitrogens is 2. The van der Waals surface area contributed by atoms with Crippen molar-refractivity contribution in [3.05, 3.63) is 30.0 Å². The van der Waals surface area contributed by atoms with E-state index in [2.05, 4.69) is 33.3 Å². The highest BCUT2D eigenvalue weighted by Gasteiger charge is 2.43. The van der Waals surface area contributed by atoms with Gasteiger partial charge in [-0.1, -0.05) is 13.8 Å². The highest BCUT2D eigenvalue weighted by Crippen LogP contribution is 2.43. The Labute approximate surface area is 144 Å². The minimum atomic E-state index is -3.60. The van der Waals surface area contributed by atoms with Gasteiger partial charge in [0.1, 0.15) is 0 Å². The van der Waals surface area contributed by atoms with Crippen molar-refractivity contribution in [3.8, 4) is 22.8 Å². The second-order valence-electron chi connectivity index (χ2n) is 6.86. The molecule has 2 aliphatic heterocycles. The van der Waals surface area contributed by atoms with Crippen LogP contribution in [0, 0.1) is 0 Å². The third-order valence-corrected chi connectivity index (χ3v) is 4.71. The van der Waals surface area contributed by atoms with Gasteiger partial charge in [-0.3, -0.25) is 4.68 Å². The lowest BCUT2D eigenvalue weighted by atomic mass is 10.0. The summed E-state index contributed by atoms with van der Waals surface area (Å²) in [6.07, 6.45) is -1.53. The van der Waals surface area contributed by atoms with E-state index in [0.29, 0.717) is 12.0 Å². The molecule has 2 aliphatic rings. The molecule has 1 fully saturated rings. The Morgan fingerprint density at radius 3 is 2.60 bits per heavy atom. The number of alkyl halides is 2. The van der Waals surface area contributed by atoms with Gasteiger partial charge in [0.2, 0.25) is 0 Å². The molecule has 25 heavy (non-hydrogen) atoms. The Kier molecular flexibility index (Phi) is 3.91. The first-order chi connectivity index (χ1) is 11.9. The molecule has 1 aromatic carbocycles. The number of rotatable bonds is 3. The number of hydrogen-bond acceptors (Lipinski definition) is 4. The van der Waals surface area contributed by atoms with E-state index in [1.807, 2.05) is 6.07 Å². The third-order valence-electron chi connectivity index (χ3n) is 4.71. The Hall–Kier alpha value is -2.15. The number of benzene rings is 1. The number of hydrogen-bond donors (Lipinski definition) is 1. The van der Waals surface area contributed by atoms with Crippen LogP contribution in [-0.4, -0.2) is 29.2 Å². The summed E-state index contributed by atoms with van der Waals surface area (Å²) in [6.45, 7) is 6.24. The molecule has 0 amide bonds. The van der Waals surface area contributed by atoms with Crippen LogP contribution in [-0.2, 0) is 0 Å². The molecule has 0 saturated carbocycles. The lowest BCUT2D eigenvalue weighted by Gasteiger charge is -2.25. The van der Waals surface area contributed by atoms with Crippen molar-refractivity contribution < 1.29 is 18.3 Å². The average molecular weight is 349 g/mol. The predicted octanol–water partition coefficient (Wildman–Crippen LogP) is 3.92. The van der Waals surface area contributed by atoms with Crippen molar-refractivity contribution in [1.29, 1.82) is 0 Å². The zero-order valence-electron chi connectivity index (χ0n) is 14.3. The lowest BCUT2D eigenvalue weighted by molar-refractivity contribution is -0.286. The molecule has 0 bridgehead atoms. The van der Waals surface area contributed by atoms with Gasteiger partial charge >= 0.3 is 6.29 Å². The Balaban J connectivity index is 1.69. The van der Waals surface area contributed by atoms with E-state index < -0.39 is 6.29 Å². The van der Waals surface area contributed by atoms with Crippen LogP contribution in [0.25, 0.3) is 11.3 Å². The topological polar surface area (TPSA) is 48.3 Å². The summed E-state index contributed by atoms with van der Waals surface area (Å²) >= 11 is 0. The van der Waals surface area contributed by atoms with E-state index in [-0.39, 0.29) is 11.5 Å². The van der Waals surface area contributed by atoms with Gasteiger partial charge in [0, 0.05) is 11.3 Å². The summed E-state index contributed by atoms with van der Waals surface area (Å²) in [7, 11) is 0. The van der Waals surface area contributed by atoms with Crippen LogP contribution in [0.15, 0.2) is 24.3 Å². The molecule has 0 radical (unpaired) electrons. The second-order valence-corrected chi connectivity index (χ2v) is 6.86. The number of ether oxygens (including phenoxy) is 2. The number of halogens is 2. The van der Waals surface area contributed by atoms with Crippen LogP contribution in [0.3, 0.4) is 0 Å². The number of piperidine rings is 1. The van der Waals surface area contributed by atoms with Gasteiger partial charge in [-0.25, -0.2) is 0 Å². The zero-order chi connectivity index (χ0) is 17.6. The van der Waals surface area contributed by atoms with Crippen LogP contribution < -0.4 is 14.8 Å². The van der Waals surface area contributed by atoms with E-state index in [1.165, 1.54) is 6.07 Å². The van der Waals surface area contributed by atoms with Crippen molar-refractivity contribution in [3.63, 3.8) is 0 Å². The fourth-order valence-electron chi connectivity index (χ4n) is 3.43. The molecule has 2 aromatic rings. The average Bonchev–Trinajstić information content (AvgIpc) is 3.14. The summed E-state index contributed by atoms with van der Waals surface area (Å²) in [5, 5.41) is 8.16. The molecular weight excluding hydrogens is 328 g/mol. The lowest BCUT2D eigenvalue weighted by Crippen LogP contribution is -2.30. The number of nitrogens with one attached hydrogen (secondary N) is 1. The maximum atomic E-state index is 13.2. The van der Waals surface area contributed by atoms with Crippen LogP contribution in [0.1, 0.15) is 44.3 Å². The predicted molar refractivity (Wildman–Crippen MR) is 89.1 cm³/mol. The first-order valence-electron chi connectivity index (χ1n) is 8.63. The molecule has 5 nitrogen and oxygen atoms in total. The molecular formula is C18H21F2N3O2. The van der Waals surface area contributed by atoms with Crippen LogP contribution >= 0.6 is 0 Å². The number of fused-ring (bicyclic) bond motifs is 1. The number of nitrogens with zero attached hydrogens (tertiary/aromatic N) is 2. The largest absolute Gasteiger partial charge is 0.586 e. The summed E-state index contributed by atoms with van der Waals surface area (Å²) in [5.74, 6) is 0.426. The van der Waals surface area contributed by atoms with Gasteiger partial charge in [0.15, 0.2) is 11.5 Å². The van der Waals surface area contributed by atoms with Gasteiger partial charge < -0.3 is 14.8 Å². The molecule has 0 spiro atoms. The molecule has 0 atom stereocenters. The van der Waals surface area contributed by atoms with Crippen molar-refractivity contribution >= 4 is 0 Å². The highest BCUT2D eigenvalue weighted by atomic mass is 19.3. The fraction of sp³-hybridized carbons (Fsp3) is 0.500. The minimum Gasteiger partial charge on any atom is -0.395 e. The van der Waals surface area contributed by atoms with E-state index >= 15 is 0 Å². The molecule has 4 rings (SSSR count). The standard InChI is InChI=1S/C18H21F2N3O2/c1-11(2)15-10-14(22-23(15)13-5-7-21-8-6-13)12-3-4-16-17(9-12)25-18(19,20)24-16/h3-4,9-11,13,21H,5-8H2,1-2H3. The van der Waals surface area contributed by atoms with Crippen LogP contribution in [0.5, 0.6) is 11.5 Å². The molecule has 0 unspecified atom stereocenters. The third kappa shape index (κ3) is 3.08. The fourth-order valence-corrected chi connectivity index (χ4v) is 3.43. The summed E-state index contributed by atoms with van der Waals surface area (Å²) < 4.78 is 37.6. The van der Waals surface area contributed by atoms with Crippen molar-refractivity contribution in [2.75, 3.05) is 13.1 Å². The SMILES string of the molecule is CC(C)c1cc(-c2ccc3c(c2)OC(F)(F)O3)nn1C1CCNCC1. The quantitative estimate of drug-likeness (QED) is 0.912. The molecule has 134 valence electrons. The molecule has 1 saturated heterocycles. The Bertz CT molecular complexity index is 783. The van der Waals surface area contributed by atoms with Gasteiger partial charge in [-0.05, 0) is 56.1 Å². The van der Waals surface area contributed by atoms with Crippen LogP contribution in [0.2, 0.25) is 0 Å². The maximum absolute atomic E-state index is 13.2.